The Morgan fingerprint density at radius 2 is 2.29 bits per heavy atom. The Morgan fingerprint density at radius 3 is 2.82 bits per heavy atom. The van der Waals surface area contributed by atoms with E-state index in [0.29, 0.717) is 12.8 Å². The normalized spacial score (nSPS) is 11.9. The van der Waals surface area contributed by atoms with Crippen LogP contribution in [-0.2, 0) is 4.79 Å². The van der Waals surface area contributed by atoms with Crippen molar-refractivity contribution in [1.82, 2.24) is 10.3 Å². The maximum atomic E-state index is 11.8. The molecule has 1 aromatic heterocycles. The number of rotatable bonds is 5. The van der Waals surface area contributed by atoms with E-state index in [1.165, 1.54) is 18.5 Å². The van der Waals surface area contributed by atoms with Gasteiger partial charge in [0.25, 0.3) is 5.91 Å². The molecule has 0 fully saturated rings. The van der Waals surface area contributed by atoms with Crippen molar-refractivity contribution >= 4 is 23.5 Å². The van der Waals surface area contributed by atoms with Crippen LogP contribution in [0.2, 0.25) is 5.02 Å². The second-order valence-electron chi connectivity index (χ2n) is 3.51. The maximum Gasteiger partial charge on any atom is 0.326 e. The molecule has 0 radical (unpaired) electrons. The standard InChI is InChI=1S/C11H13ClN2O3/c1-2-3-9(11(16)17)14-10(15)7-4-5-13-6-8(7)12/h4-6,9H,2-3H2,1H3,(H,14,15)(H,16,17)/t9-/m1/s1. The lowest BCUT2D eigenvalue weighted by Gasteiger charge is -2.13. The fraction of sp³-hybridized carbons (Fsp3) is 0.364. The number of carboxylic acids is 1. The van der Waals surface area contributed by atoms with Gasteiger partial charge in [0, 0.05) is 12.4 Å². The molecule has 0 aliphatic heterocycles. The van der Waals surface area contributed by atoms with Crippen LogP contribution in [0.4, 0.5) is 0 Å². The topological polar surface area (TPSA) is 79.3 Å². The largest absolute Gasteiger partial charge is 0.480 e. The summed E-state index contributed by atoms with van der Waals surface area (Å²) in [7, 11) is 0. The molecule has 0 aliphatic rings. The Labute approximate surface area is 104 Å². The van der Waals surface area contributed by atoms with E-state index in [4.69, 9.17) is 16.7 Å². The van der Waals surface area contributed by atoms with Gasteiger partial charge in [0.05, 0.1) is 10.6 Å². The van der Waals surface area contributed by atoms with Crippen molar-refractivity contribution in [3.05, 3.63) is 29.0 Å². The Bertz CT molecular complexity index is 423. The van der Waals surface area contributed by atoms with Crippen LogP contribution in [0.5, 0.6) is 0 Å². The highest BCUT2D eigenvalue weighted by atomic mass is 35.5. The van der Waals surface area contributed by atoms with Crippen LogP contribution in [0.1, 0.15) is 30.1 Å². The van der Waals surface area contributed by atoms with Crippen LogP contribution < -0.4 is 5.32 Å². The summed E-state index contributed by atoms with van der Waals surface area (Å²) in [5, 5.41) is 11.5. The van der Waals surface area contributed by atoms with Crippen molar-refractivity contribution in [2.45, 2.75) is 25.8 Å². The number of amides is 1. The SMILES string of the molecule is CCC[C@@H](NC(=O)c1ccncc1Cl)C(=O)O. The summed E-state index contributed by atoms with van der Waals surface area (Å²) in [6.45, 7) is 1.85. The van der Waals surface area contributed by atoms with Crippen LogP contribution >= 0.6 is 11.6 Å². The van der Waals surface area contributed by atoms with Crippen LogP contribution in [0.15, 0.2) is 18.5 Å². The van der Waals surface area contributed by atoms with E-state index in [1.807, 2.05) is 6.92 Å². The number of aliphatic carboxylic acids is 1. The molecule has 92 valence electrons. The highest BCUT2D eigenvalue weighted by Gasteiger charge is 2.20. The van der Waals surface area contributed by atoms with E-state index >= 15 is 0 Å². The summed E-state index contributed by atoms with van der Waals surface area (Å²) >= 11 is 5.79. The van der Waals surface area contributed by atoms with Gasteiger partial charge in [0.15, 0.2) is 0 Å². The number of nitrogens with one attached hydrogen (secondary N) is 1. The third-order valence-electron chi connectivity index (χ3n) is 2.20. The van der Waals surface area contributed by atoms with Gasteiger partial charge in [0.1, 0.15) is 6.04 Å². The van der Waals surface area contributed by atoms with E-state index in [1.54, 1.807) is 0 Å². The number of halogens is 1. The first-order valence-corrected chi connectivity index (χ1v) is 5.57. The van der Waals surface area contributed by atoms with Crippen LogP contribution in [0, 0.1) is 0 Å². The van der Waals surface area contributed by atoms with Gasteiger partial charge in [-0.1, -0.05) is 24.9 Å². The molecular formula is C11H13ClN2O3. The fourth-order valence-corrected chi connectivity index (χ4v) is 1.55. The van der Waals surface area contributed by atoms with E-state index < -0.39 is 17.9 Å². The zero-order valence-corrected chi connectivity index (χ0v) is 10.1. The van der Waals surface area contributed by atoms with E-state index in [2.05, 4.69) is 10.3 Å². The predicted octanol–water partition coefficient (Wildman–Crippen LogP) is 1.72. The van der Waals surface area contributed by atoms with Crippen molar-refractivity contribution in [3.8, 4) is 0 Å². The van der Waals surface area contributed by atoms with Gasteiger partial charge in [-0.25, -0.2) is 4.79 Å². The van der Waals surface area contributed by atoms with E-state index in [9.17, 15) is 9.59 Å². The zero-order valence-electron chi connectivity index (χ0n) is 9.31. The van der Waals surface area contributed by atoms with Gasteiger partial charge >= 0.3 is 5.97 Å². The fourth-order valence-electron chi connectivity index (χ4n) is 1.34. The third kappa shape index (κ3) is 3.71. The van der Waals surface area contributed by atoms with Crippen LogP contribution in [0.3, 0.4) is 0 Å². The second kappa shape index (κ2) is 6.20. The van der Waals surface area contributed by atoms with Crippen molar-refractivity contribution in [3.63, 3.8) is 0 Å². The Balaban J connectivity index is 2.77. The number of hydrogen-bond acceptors (Lipinski definition) is 3. The first-order valence-electron chi connectivity index (χ1n) is 5.19. The number of nitrogens with zero attached hydrogens (tertiary/aromatic N) is 1. The lowest BCUT2D eigenvalue weighted by molar-refractivity contribution is -0.139. The molecule has 1 rings (SSSR count). The molecule has 1 atom stereocenters. The summed E-state index contributed by atoms with van der Waals surface area (Å²) in [5.74, 6) is -1.55. The number of aromatic nitrogens is 1. The summed E-state index contributed by atoms with van der Waals surface area (Å²) in [6, 6.07) is 0.555. The van der Waals surface area contributed by atoms with Gasteiger partial charge < -0.3 is 10.4 Å². The molecule has 1 aromatic rings. The molecule has 0 saturated heterocycles. The van der Waals surface area contributed by atoms with Gasteiger partial charge in [-0.2, -0.15) is 0 Å². The smallest absolute Gasteiger partial charge is 0.326 e. The molecule has 0 unspecified atom stereocenters. The Morgan fingerprint density at radius 1 is 1.59 bits per heavy atom. The minimum absolute atomic E-state index is 0.200. The van der Waals surface area contributed by atoms with Crippen molar-refractivity contribution in [2.75, 3.05) is 0 Å². The molecule has 1 heterocycles. The first-order chi connectivity index (χ1) is 8.06. The molecule has 0 spiro atoms. The third-order valence-corrected chi connectivity index (χ3v) is 2.50. The predicted molar refractivity (Wildman–Crippen MR) is 63.0 cm³/mol. The highest BCUT2D eigenvalue weighted by molar-refractivity contribution is 6.33. The molecule has 5 nitrogen and oxygen atoms in total. The maximum absolute atomic E-state index is 11.8. The van der Waals surface area contributed by atoms with Crippen molar-refractivity contribution in [2.24, 2.45) is 0 Å². The number of pyridine rings is 1. The van der Waals surface area contributed by atoms with Gasteiger partial charge in [-0.3, -0.25) is 9.78 Å². The molecule has 0 aromatic carbocycles. The molecule has 0 saturated carbocycles. The lowest BCUT2D eigenvalue weighted by Crippen LogP contribution is -2.40. The number of carboxylic acid groups (broad SMARTS) is 1. The molecule has 6 heteroatoms. The average molecular weight is 257 g/mol. The molecule has 17 heavy (non-hydrogen) atoms. The first kappa shape index (κ1) is 13.4. The molecule has 0 aliphatic carbocycles. The number of hydrogen-bond donors (Lipinski definition) is 2. The average Bonchev–Trinajstić information content (AvgIpc) is 2.28. The molecule has 0 bridgehead atoms. The molecular weight excluding hydrogens is 244 g/mol. The summed E-state index contributed by atoms with van der Waals surface area (Å²) in [6.07, 6.45) is 3.81. The van der Waals surface area contributed by atoms with Crippen molar-refractivity contribution < 1.29 is 14.7 Å². The molecule has 1 amide bonds. The lowest BCUT2D eigenvalue weighted by atomic mass is 10.1. The zero-order chi connectivity index (χ0) is 12.8. The molecule has 2 N–H and O–H groups in total. The summed E-state index contributed by atoms with van der Waals surface area (Å²) in [5.41, 5.74) is 0.226. The minimum Gasteiger partial charge on any atom is -0.480 e. The quantitative estimate of drug-likeness (QED) is 0.841. The highest BCUT2D eigenvalue weighted by Crippen LogP contribution is 2.13. The summed E-state index contributed by atoms with van der Waals surface area (Å²) in [4.78, 5) is 26.4. The summed E-state index contributed by atoms with van der Waals surface area (Å²) < 4.78 is 0. The number of carbonyl (C=O) groups is 2. The van der Waals surface area contributed by atoms with Crippen LogP contribution in [-0.4, -0.2) is 28.0 Å². The van der Waals surface area contributed by atoms with Crippen molar-refractivity contribution in [1.29, 1.82) is 0 Å². The van der Waals surface area contributed by atoms with Gasteiger partial charge in [0.2, 0.25) is 0 Å². The number of carbonyl (C=O) groups excluding carboxylic acids is 1. The van der Waals surface area contributed by atoms with Gasteiger partial charge in [-0.05, 0) is 12.5 Å². The Hall–Kier alpha value is -1.62. The van der Waals surface area contributed by atoms with Crippen LogP contribution in [0.25, 0.3) is 0 Å². The second-order valence-corrected chi connectivity index (χ2v) is 3.92. The van der Waals surface area contributed by atoms with E-state index in [0.717, 1.165) is 0 Å². The Kier molecular flexibility index (Phi) is 4.90. The monoisotopic (exact) mass is 256 g/mol. The van der Waals surface area contributed by atoms with E-state index in [-0.39, 0.29) is 10.6 Å². The van der Waals surface area contributed by atoms with Gasteiger partial charge in [-0.15, -0.1) is 0 Å². The minimum atomic E-state index is -1.05.